The summed E-state index contributed by atoms with van der Waals surface area (Å²) in [7, 11) is 0. The Morgan fingerprint density at radius 3 is 2.72 bits per heavy atom. The summed E-state index contributed by atoms with van der Waals surface area (Å²) in [6.45, 7) is 0. The van der Waals surface area contributed by atoms with Crippen LogP contribution in [0.5, 0.6) is 5.75 Å². The van der Waals surface area contributed by atoms with Crippen molar-refractivity contribution in [3.05, 3.63) is 105 Å². The second-order valence-corrected chi connectivity index (χ2v) is 8.75. The molecule has 0 saturated carbocycles. The minimum atomic E-state index is -0.413. The van der Waals surface area contributed by atoms with Gasteiger partial charge in [0.15, 0.2) is 0 Å². The molecule has 176 valence electrons. The highest BCUT2D eigenvalue weighted by Crippen LogP contribution is 2.27. The molecule has 4 aromatic rings. The van der Waals surface area contributed by atoms with Crippen LogP contribution in [0.25, 0.3) is 22.5 Å². The van der Waals surface area contributed by atoms with Gasteiger partial charge in [-0.25, -0.2) is 0 Å². The lowest BCUT2D eigenvalue weighted by molar-refractivity contribution is 0.102. The molecule has 0 radical (unpaired) electrons. The summed E-state index contributed by atoms with van der Waals surface area (Å²) in [6.07, 6.45) is 7.77. The van der Waals surface area contributed by atoms with Crippen molar-refractivity contribution < 1.29 is 9.53 Å². The number of anilines is 1. The topological polar surface area (TPSA) is 121 Å². The maximum absolute atomic E-state index is 12.8. The van der Waals surface area contributed by atoms with Gasteiger partial charge in [0, 0.05) is 23.7 Å². The highest BCUT2D eigenvalue weighted by Gasteiger charge is 2.15. The van der Waals surface area contributed by atoms with Crippen LogP contribution in [0.4, 0.5) is 5.13 Å². The molecule has 0 aliphatic heterocycles. The van der Waals surface area contributed by atoms with Crippen LogP contribution in [0.3, 0.4) is 0 Å². The first-order valence-electron chi connectivity index (χ1n) is 11.1. The highest BCUT2D eigenvalue weighted by molar-refractivity contribution is 7.13. The molecule has 0 bridgehead atoms. The number of carbonyl (C=O) groups is 1. The Morgan fingerprint density at radius 1 is 1.14 bits per heavy atom. The van der Waals surface area contributed by atoms with Gasteiger partial charge >= 0.3 is 0 Å². The molecule has 0 saturated heterocycles. The average Bonchev–Trinajstić information content (AvgIpc) is 3.42. The van der Waals surface area contributed by atoms with Crippen molar-refractivity contribution >= 4 is 22.4 Å². The molecule has 0 fully saturated rings. The monoisotopic (exact) mass is 493 g/mol. The van der Waals surface area contributed by atoms with E-state index in [4.69, 9.17) is 4.74 Å². The minimum Gasteiger partial charge on any atom is -0.462 e. The molecule has 36 heavy (non-hydrogen) atoms. The van der Waals surface area contributed by atoms with E-state index in [2.05, 4.69) is 26.6 Å². The zero-order valence-corrected chi connectivity index (χ0v) is 19.7. The Hall–Kier alpha value is -4.81. The fourth-order valence-corrected chi connectivity index (χ4v) is 4.21. The molecule has 0 spiro atoms. The summed E-state index contributed by atoms with van der Waals surface area (Å²) in [5, 5.41) is 20.3. The van der Waals surface area contributed by atoms with Crippen molar-refractivity contribution in [2.24, 2.45) is 0 Å². The summed E-state index contributed by atoms with van der Waals surface area (Å²) >= 11 is 1.22. The molecule has 2 aromatic carbocycles. The van der Waals surface area contributed by atoms with Crippen molar-refractivity contribution in [3.63, 3.8) is 0 Å². The maximum atomic E-state index is 12.8. The number of ether oxygens (including phenoxy) is 1. The number of hydrogen-bond acceptors (Lipinski definition) is 7. The van der Waals surface area contributed by atoms with Gasteiger partial charge in [-0.3, -0.25) is 14.9 Å². The zero-order chi connectivity index (χ0) is 24.9. The number of allylic oxidation sites excluding steroid dienone is 4. The van der Waals surface area contributed by atoms with Crippen LogP contribution in [-0.4, -0.2) is 21.1 Å². The predicted molar refractivity (Wildman–Crippen MR) is 138 cm³/mol. The van der Waals surface area contributed by atoms with E-state index >= 15 is 0 Å². The summed E-state index contributed by atoms with van der Waals surface area (Å²) in [5.41, 5.74) is 3.69. The molecule has 1 aliphatic carbocycles. The second kappa shape index (κ2) is 10.2. The van der Waals surface area contributed by atoms with Crippen LogP contribution in [0, 0.1) is 11.3 Å². The lowest BCUT2D eigenvalue weighted by Gasteiger charge is -2.13. The van der Waals surface area contributed by atoms with Gasteiger partial charge in [-0.1, -0.05) is 35.6 Å². The first kappa shape index (κ1) is 23.0. The fourth-order valence-electron chi connectivity index (χ4n) is 3.77. The summed E-state index contributed by atoms with van der Waals surface area (Å²) in [4.78, 5) is 28.7. The fraction of sp³-hybridized carbons (Fsp3) is 0.0741. The van der Waals surface area contributed by atoms with Crippen LogP contribution < -0.4 is 15.5 Å². The quantitative estimate of drug-likeness (QED) is 0.376. The standard InChI is InChI=1S/C27H19N5O3S/c28-15-22-24(33)14-23(18-5-4-6-19(13-18)26(34)31-27-32-29-16-36-27)30-25(22)17-9-11-21(12-10-17)35-20-7-2-1-3-8-20/h1-2,4-7,9-14,16H,3,8H2,(H,30,33)(H,31,32,34). The van der Waals surface area contributed by atoms with Gasteiger partial charge in [-0.05, 0) is 60.0 Å². The number of H-pyrrole nitrogens is 1. The number of hydrogen-bond donors (Lipinski definition) is 2. The Morgan fingerprint density at radius 2 is 2.00 bits per heavy atom. The number of nitriles is 1. The number of amides is 1. The number of nitrogens with one attached hydrogen (secondary N) is 2. The van der Waals surface area contributed by atoms with Crippen LogP contribution >= 0.6 is 11.3 Å². The van der Waals surface area contributed by atoms with Crippen molar-refractivity contribution in [1.82, 2.24) is 15.2 Å². The Kier molecular flexibility index (Phi) is 6.51. The Balaban J connectivity index is 1.46. The van der Waals surface area contributed by atoms with E-state index in [0.717, 1.165) is 18.6 Å². The average molecular weight is 494 g/mol. The molecule has 2 aromatic heterocycles. The third-order valence-corrected chi connectivity index (χ3v) is 6.13. The van der Waals surface area contributed by atoms with Crippen molar-refractivity contribution in [1.29, 1.82) is 5.26 Å². The normalized spacial score (nSPS) is 12.5. The molecule has 9 heteroatoms. The third-order valence-electron chi connectivity index (χ3n) is 5.53. The van der Waals surface area contributed by atoms with E-state index in [9.17, 15) is 14.9 Å². The van der Waals surface area contributed by atoms with Gasteiger partial charge < -0.3 is 9.72 Å². The Bertz CT molecular complexity index is 1580. The molecule has 1 amide bonds. The number of benzene rings is 2. The number of rotatable bonds is 6. The summed E-state index contributed by atoms with van der Waals surface area (Å²) in [6, 6.07) is 17.4. The largest absolute Gasteiger partial charge is 0.462 e. The first-order valence-corrected chi connectivity index (χ1v) is 12.0. The van der Waals surface area contributed by atoms with E-state index in [1.165, 1.54) is 22.9 Å². The Labute approximate surface area is 210 Å². The van der Waals surface area contributed by atoms with Gasteiger partial charge in [0.2, 0.25) is 10.6 Å². The first-order chi connectivity index (χ1) is 17.6. The number of carbonyl (C=O) groups excluding carboxylic acids is 1. The van der Waals surface area contributed by atoms with Crippen molar-refractivity contribution in [2.45, 2.75) is 12.8 Å². The van der Waals surface area contributed by atoms with Crippen molar-refractivity contribution in [3.8, 4) is 34.3 Å². The molecular weight excluding hydrogens is 474 g/mol. The third kappa shape index (κ3) is 4.99. The van der Waals surface area contributed by atoms with Crippen molar-refractivity contribution in [2.75, 3.05) is 5.32 Å². The van der Waals surface area contributed by atoms with Gasteiger partial charge in [-0.2, -0.15) is 5.26 Å². The highest BCUT2D eigenvalue weighted by atomic mass is 32.1. The smallest absolute Gasteiger partial charge is 0.257 e. The van der Waals surface area contributed by atoms with E-state index in [1.807, 2.05) is 18.2 Å². The van der Waals surface area contributed by atoms with Gasteiger partial charge in [0.1, 0.15) is 28.7 Å². The molecule has 1 aliphatic rings. The molecule has 5 rings (SSSR count). The van der Waals surface area contributed by atoms with Crippen LogP contribution in [0.15, 0.2) is 88.9 Å². The zero-order valence-electron chi connectivity index (χ0n) is 18.9. The van der Waals surface area contributed by atoms with E-state index < -0.39 is 5.43 Å². The van der Waals surface area contributed by atoms with Gasteiger partial charge in [0.25, 0.3) is 5.91 Å². The summed E-state index contributed by atoms with van der Waals surface area (Å²) < 4.78 is 5.92. The van der Waals surface area contributed by atoms with Crippen LogP contribution in [0.1, 0.15) is 28.8 Å². The minimum absolute atomic E-state index is 0.0118. The molecular formula is C27H19N5O3S. The van der Waals surface area contributed by atoms with Crippen LogP contribution in [-0.2, 0) is 0 Å². The number of pyridine rings is 1. The maximum Gasteiger partial charge on any atom is 0.257 e. The van der Waals surface area contributed by atoms with E-state index in [-0.39, 0.29) is 11.5 Å². The molecule has 2 N–H and O–H groups in total. The lowest BCUT2D eigenvalue weighted by Crippen LogP contribution is -2.12. The van der Waals surface area contributed by atoms with E-state index in [1.54, 1.807) is 48.5 Å². The SMILES string of the molecule is N#Cc1c(-c2ccc(OC3=CC=CCC3)cc2)[nH]c(-c2cccc(C(=O)Nc3nncs3)c2)cc1=O. The van der Waals surface area contributed by atoms with Gasteiger partial charge in [-0.15, -0.1) is 10.2 Å². The van der Waals surface area contributed by atoms with Gasteiger partial charge in [0.05, 0.1) is 5.69 Å². The predicted octanol–water partition coefficient (Wildman–Crippen LogP) is 5.30. The summed E-state index contributed by atoms with van der Waals surface area (Å²) in [5.74, 6) is 1.21. The molecule has 0 atom stereocenters. The van der Waals surface area contributed by atoms with E-state index in [0.29, 0.717) is 39.0 Å². The second-order valence-electron chi connectivity index (χ2n) is 7.91. The number of aromatic nitrogens is 3. The lowest BCUT2D eigenvalue weighted by atomic mass is 10.0. The molecule has 2 heterocycles. The number of nitrogens with zero attached hydrogens (tertiary/aromatic N) is 3. The molecule has 8 nitrogen and oxygen atoms in total. The molecule has 0 unspecified atom stereocenters. The van der Waals surface area contributed by atoms with Crippen LogP contribution in [0.2, 0.25) is 0 Å². The number of aromatic amines is 1.